The Bertz CT molecular complexity index is 499. The van der Waals surface area contributed by atoms with Crippen molar-refractivity contribution < 1.29 is 9.53 Å². The minimum atomic E-state index is -0.356. The molecule has 0 amide bonds. The highest BCUT2D eigenvalue weighted by atomic mass is 35.5. The molecule has 0 bridgehead atoms. The van der Waals surface area contributed by atoms with E-state index in [4.69, 9.17) is 16.3 Å². The predicted octanol–water partition coefficient (Wildman–Crippen LogP) is 4.51. The van der Waals surface area contributed by atoms with Crippen molar-refractivity contribution in [1.82, 2.24) is 0 Å². The van der Waals surface area contributed by atoms with Crippen molar-refractivity contribution >= 4 is 23.3 Å². The molecular weight excluding hydrogens is 274 g/mol. The standard InChI is InChI=1S/C16H22ClNO2/c1-16(2)8-4-5-12(10-16)18-14-7-6-11(17)9-13(14)15(19)20-3/h6-7,9,12,18H,4-5,8,10H2,1-3H3. The monoisotopic (exact) mass is 295 g/mol. The van der Waals surface area contributed by atoms with E-state index < -0.39 is 0 Å². The number of carbonyl (C=O) groups is 1. The molecule has 110 valence electrons. The normalized spacial score (nSPS) is 21.3. The van der Waals surface area contributed by atoms with Crippen LogP contribution in [0.2, 0.25) is 5.02 Å². The van der Waals surface area contributed by atoms with Gasteiger partial charge in [0.1, 0.15) is 0 Å². The average Bonchev–Trinajstić information content (AvgIpc) is 2.39. The van der Waals surface area contributed by atoms with Crippen LogP contribution >= 0.6 is 11.6 Å². The molecule has 1 aliphatic rings. The summed E-state index contributed by atoms with van der Waals surface area (Å²) >= 11 is 5.97. The maximum Gasteiger partial charge on any atom is 0.340 e. The Balaban J connectivity index is 2.18. The lowest BCUT2D eigenvalue weighted by Gasteiger charge is -2.36. The Morgan fingerprint density at radius 3 is 2.85 bits per heavy atom. The van der Waals surface area contributed by atoms with E-state index >= 15 is 0 Å². The molecule has 0 saturated heterocycles. The fraction of sp³-hybridized carbons (Fsp3) is 0.562. The van der Waals surface area contributed by atoms with Gasteiger partial charge in [0.2, 0.25) is 0 Å². The van der Waals surface area contributed by atoms with Crippen LogP contribution in [0.15, 0.2) is 18.2 Å². The fourth-order valence-electron chi connectivity index (χ4n) is 2.96. The van der Waals surface area contributed by atoms with Crippen LogP contribution in [0, 0.1) is 5.41 Å². The van der Waals surface area contributed by atoms with Gasteiger partial charge < -0.3 is 10.1 Å². The lowest BCUT2D eigenvalue weighted by Crippen LogP contribution is -2.32. The minimum Gasteiger partial charge on any atom is -0.465 e. The molecule has 1 atom stereocenters. The molecule has 3 nitrogen and oxygen atoms in total. The second-order valence-corrected chi connectivity index (χ2v) is 6.72. The van der Waals surface area contributed by atoms with E-state index in [2.05, 4.69) is 19.2 Å². The SMILES string of the molecule is COC(=O)c1cc(Cl)ccc1NC1CCCC(C)(C)C1. The van der Waals surface area contributed by atoms with Gasteiger partial charge in [0.05, 0.1) is 12.7 Å². The van der Waals surface area contributed by atoms with Gasteiger partial charge in [-0.05, 0) is 42.9 Å². The number of benzene rings is 1. The summed E-state index contributed by atoms with van der Waals surface area (Å²) in [4.78, 5) is 11.8. The van der Waals surface area contributed by atoms with Crippen molar-refractivity contribution in [1.29, 1.82) is 0 Å². The van der Waals surface area contributed by atoms with Gasteiger partial charge in [-0.15, -0.1) is 0 Å². The molecule has 1 aromatic carbocycles. The molecule has 0 radical (unpaired) electrons. The van der Waals surface area contributed by atoms with Crippen LogP contribution < -0.4 is 5.32 Å². The highest BCUT2D eigenvalue weighted by Gasteiger charge is 2.28. The summed E-state index contributed by atoms with van der Waals surface area (Å²) in [7, 11) is 1.39. The van der Waals surface area contributed by atoms with Crippen molar-refractivity contribution in [2.24, 2.45) is 5.41 Å². The van der Waals surface area contributed by atoms with Gasteiger partial charge in [0, 0.05) is 16.8 Å². The first-order valence-electron chi connectivity index (χ1n) is 7.06. The van der Waals surface area contributed by atoms with E-state index in [0.717, 1.165) is 18.5 Å². The van der Waals surface area contributed by atoms with Crippen molar-refractivity contribution in [2.75, 3.05) is 12.4 Å². The van der Waals surface area contributed by atoms with Crippen molar-refractivity contribution in [2.45, 2.75) is 45.6 Å². The number of halogens is 1. The number of rotatable bonds is 3. The second kappa shape index (κ2) is 6.04. The Kier molecular flexibility index (Phi) is 4.59. The summed E-state index contributed by atoms with van der Waals surface area (Å²) in [6.07, 6.45) is 4.71. The maximum absolute atomic E-state index is 11.8. The van der Waals surface area contributed by atoms with Gasteiger partial charge in [0.25, 0.3) is 0 Å². The summed E-state index contributed by atoms with van der Waals surface area (Å²) in [5, 5.41) is 4.03. The molecule has 0 spiro atoms. The number of nitrogens with one attached hydrogen (secondary N) is 1. The topological polar surface area (TPSA) is 38.3 Å². The highest BCUT2D eigenvalue weighted by molar-refractivity contribution is 6.31. The average molecular weight is 296 g/mol. The molecule has 2 rings (SSSR count). The van der Waals surface area contributed by atoms with Gasteiger partial charge in [-0.2, -0.15) is 0 Å². The number of anilines is 1. The quantitative estimate of drug-likeness (QED) is 0.834. The fourth-order valence-corrected chi connectivity index (χ4v) is 3.13. The van der Waals surface area contributed by atoms with Crippen LogP contribution in [0.5, 0.6) is 0 Å². The summed E-state index contributed by atoms with van der Waals surface area (Å²) in [5.74, 6) is -0.356. The van der Waals surface area contributed by atoms with Crippen molar-refractivity contribution in [3.05, 3.63) is 28.8 Å². The zero-order valence-electron chi connectivity index (χ0n) is 12.3. The minimum absolute atomic E-state index is 0.355. The third-order valence-electron chi connectivity index (χ3n) is 3.95. The largest absolute Gasteiger partial charge is 0.465 e. The van der Waals surface area contributed by atoms with Crippen molar-refractivity contribution in [3.63, 3.8) is 0 Å². The molecule has 1 saturated carbocycles. The molecule has 0 heterocycles. The zero-order chi connectivity index (χ0) is 14.8. The van der Waals surface area contributed by atoms with Gasteiger partial charge in [0.15, 0.2) is 0 Å². The molecule has 0 aliphatic heterocycles. The number of ether oxygens (including phenoxy) is 1. The number of hydrogen-bond acceptors (Lipinski definition) is 3. The first-order valence-corrected chi connectivity index (χ1v) is 7.43. The number of esters is 1. The molecule has 1 aromatic rings. The van der Waals surface area contributed by atoms with Gasteiger partial charge >= 0.3 is 5.97 Å². The second-order valence-electron chi connectivity index (χ2n) is 6.28. The van der Waals surface area contributed by atoms with Gasteiger partial charge in [-0.25, -0.2) is 4.79 Å². The summed E-state index contributed by atoms with van der Waals surface area (Å²) < 4.78 is 4.82. The van der Waals surface area contributed by atoms with Gasteiger partial charge in [-0.1, -0.05) is 31.9 Å². The molecule has 20 heavy (non-hydrogen) atoms. The van der Waals surface area contributed by atoms with Crippen LogP contribution in [0.3, 0.4) is 0 Å². The molecule has 1 unspecified atom stereocenters. The van der Waals surface area contributed by atoms with Gasteiger partial charge in [-0.3, -0.25) is 0 Å². The number of hydrogen-bond donors (Lipinski definition) is 1. The van der Waals surface area contributed by atoms with Crippen LogP contribution in [-0.4, -0.2) is 19.1 Å². The van der Waals surface area contributed by atoms with E-state index in [1.54, 1.807) is 12.1 Å². The van der Waals surface area contributed by atoms with Crippen LogP contribution in [0.4, 0.5) is 5.69 Å². The molecule has 1 N–H and O–H groups in total. The number of methoxy groups -OCH3 is 1. The molecular formula is C16H22ClNO2. The Labute approximate surface area is 125 Å². The highest BCUT2D eigenvalue weighted by Crippen LogP contribution is 2.37. The first-order chi connectivity index (χ1) is 9.41. The molecule has 4 heteroatoms. The molecule has 1 aliphatic carbocycles. The number of carbonyl (C=O) groups excluding carboxylic acids is 1. The van der Waals surface area contributed by atoms with Crippen LogP contribution in [0.1, 0.15) is 49.9 Å². The smallest absolute Gasteiger partial charge is 0.340 e. The summed E-state index contributed by atoms with van der Waals surface area (Å²) in [5.41, 5.74) is 1.67. The maximum atomic E-state index is 11.8. The van der Waals surface area contributed by atoms with E-state index in [0.29, 0.717) is 22.0 Å². The summed E-state index contributed by atoms with van der Waals surface area (Å²) in [6, 6.07) is 5.70. The third kappa shape index (κ3) is 3.66. The Morgan fingerprint density at radius 2 is 2.20 bits per heavy atom. The van der Waals surface area contributed by atoms with E-state index in [-0.39, 0.29) is 5.97 Å². The first kappa shape index (κ1) is 15.2. The van der Waals surface area contributed by atoms with E-state index in [1.165, 1.54) is 20.0 Å². The molecule has 1 fully saturated rings. The predicted molar refractivity (Wildman–Crippen MR) is 82.5 cm³/mol. The zero-order valence-corrected chi connectivity index (χ0v) is 13.1. The lowest BCUT2D eigenvalue weighted by atomic mass is 9.75. The van der Waals surface area contributed by atoms with Crippen LogP contribution in [0.25, 0.3) is 0 Å². The van der Waals surface area contributed by atoms with E-state index in [1.807, 2.05) is 6.07 Å². The van der Waals surface area contributed by atoms with E-state index in [9.17, 15) is 4.79 Å². The molecule has 0 aromatic heterocycles. The van der Waals surface area contributed by atoms with Crippen molar-refractivity contribution in [3.8, 4) is 0 Å². The summed E-state index contributed by atoms with van der Waals surface area (Å²) in [6.45, 7) is 4.59. The van der Waals surface area contributed by atoms with Crippen LogP contribution in [-0.2, 0) is 4.74 Å². The third-order valence-corrected chi connectivity index (χ3v) is 4.19. The Morgan fingerprint density at radius 1 is 1.45 bits per heavy atom. The lowest BCUT2D eigenvalue weighted by molar-refractivity contribution is 0.0601. The Hall–Kier alpha value is -1.22.